The molecule has 2 nitrogen and oxygen atoms in total. The number of fused-ring (bicyclic) bond motifs is 3. The fourth-order valence-electron chi connectivity index (χ4n) is 13.8. The van der Waals surface area contributed by atoms with Crippen LogP contribution in [0.15, 0.2) is 221 Å². The lowest BCUT2D eigenvalue weighted by atomic mass is 9.55. The maximum atomic E-state index is 6.25. The van der Waals surface area contributed by atoms with E-state index in [1.165, 1.54) is 55.6 Å². The molecule has 1 heterocycles. The normalized spacial score (nSPS) is 27.2. The largest absolute Gasteiger partial charge is 0.456 e. The number of anilines is 1. The summed E-state index contributed by atoms with van der Waals surface area (Å²) < 4.78 is 6.25. The molecule has 0 fully saturated rings. The van der Waals surface area contributed by atoms with Crippen LogP contribution in [-0.2, 0) is 10.8 Å². The third-order valence-electron chi connectivity index (χ3n) is 16.7. The minimum absolute atomic E-state index is 0.208. The molecule has 0 spiro atoms. The summed E-state index contributed by atoms with van der Waals surface area (Å²) in [5, 5.41) is 2.35. The standard InChI is InChI=1S/C64H57NO/c1-42-23-30-46(31-24-42)63(47-32-25-43(2)26-33-47)55-18-11-20-57-61(55)62-56(63)19-12-21-58(62)64(57,49-36-38-52(39-37-49)65(50-13-5-3-6-14-50)51-15-7-4-8-16-51)48-34-27-44(28-35-48)45-29-40-60-54(41-45)53-17-9-10-22-59(53)66-60/h3-11,13-15,17-20,22-25,27-30,32-35,38,40-41,43,46,49,51H,12,16,21,26,31,36-37,39H2,1-2H3. The number of furan rings is 1. The first-order chi connectivity index (χ1) is 32.5. The molecule has 6 atom stereocenters. The summed E-state index contributed by atoms with van der Waals surface area (Å²) in [5.41, 5.74) is 20.4. The zero-order chi connectivity index (χ0) is 44.0. The lowest BCUT2D eigenvalue weighted by Gasteiger charge is -2.48. The van der Waals surface area contributed by atoms with Gasteiger partial charge in [0.15, 0.2) is 0 Å². The molecule has 6 aromatic rings. The van der Waals surface area contributed by atoms with Gasteiger partial charge in [-0.25, -0.2) is 0 Å². The molecule has 5 aromatic carbocycles. The smallest absolute Gasteiger partial charge is 0.135 e. The molecule has 66 heavy (non-hydrogen) atoms. The first kappa shape index (κ1) is 39.7. The van der Waals surface area contributed by atoms with E-state index in [2.05, 4.69) is 207 Å². The molecule has 2 heteroatoms. The summed E-state index contributed by atoms with van der Waals surface area (Å²) >= 11 is 0. The van der Waals surface area contributed by atoms with E-state index in [1.54, 1.807) is 27.8 Å². The highest BCUT2D eigenvalue weighted by molar-refractivity contribution is 6.06. The van der Waals surface area contributed by atoms with Gasteiger partial charge in [0, 0.05) is 27.6 Å². The van der Waals surface area contributed by atoms with Crippen molar-refractivity contribution in [1.82, 2.24) is 0 Å². The fourth-order valence-corrected chi connectivity index (χ4v) is 13.8. The molecule has 0 aliphatic heterocycles. The number of nitrogens with zero attached hydrogens (tertiary/aromatic N) is 1. The maximum absolute atomic E-state index is 6.25. The Morgan fingerprint density at radius 2 is 1.45 bits per heavy atom. The Labute approximate surface area is 390 Å². The van der Waals surface area contributed by atoms with Gasteiger partial charge in [-0.2, -0.15) is 0 Å². The Morgan fingerprint density at radius 3 is 2.23 bits per heavy atom. The summed E-state index contributed by atoms with van der Waals surface area (Å²) in [4.78, 5) is 2.64. The first-order valence-corrected chi connectivity index (χ1v) is 24.7. The zero-order valence-electron chi connectivity index (χ0n) is 38.2. The van der Waals surface area contributed by atoms with Crippen LogP contribution in [0.5, 0.6) is 0 Å². The van der Waals surface area contributed by atoms with Crippen LogP contribution in [0.25, 0.3) is 38.6 Å². The second-order valence-electron chi connectivity index (χ2n) is 20.1. The number of benzene rings is 5. The average molecular weight is 856 g/mol. The second kappa shape index (κ2) is 15.5. The van der Waals surface area contributed by atoms with Gasteiger partial charge < -0.3 is 9.32 Å². The zero-order valence-corrected chi connectivity index (χ0v) is 38.2. The van der Waals surface area contributed by atoms with Gasteiger partial charge in [-0.3, -0.25) is 0 Å². The molecular weight excluding hydrogens is 799 g/mol. The predicted octanol–water partition coefficient (Wildman–Crippen LogP) is 16.4. The van der Waals surface area contributed by atoms with Gasteiger partial charge in [-0.05, 0) is 162 Å². The van der Waals surface area contributed by atoms with Crippen molar-refractivity contribution in [2.75, 3.05) is 4.90 Å². The maximum Gasteiger partial charge on any atom is 0.135 e. The molecular formula is C64H57NO. The van der Waals surface area contributed by atoms with Crippen LogP contribution in [0.2, 0.25) is 0 Å². The van der Waals surface area contributed by atoms with Crippen LogP contribution in [-0.4, -0.2) is 6.04 Å². The van der Waals surface area contributed by atoms with Gasteiger partial charge in [-0.1, -0.05) is 170 Å². The Kier molecular flexibility index (Phi) is 9.31. The fraction of sp³-hybridized carbons (Fsp3) is 0.250. The van der Waals surface area contributed by atoms with Crippen molar-refractivity contribution < 1.29 is 4.42 Å². The van der Waals surface area contributed by atoms with E-state index in [4.69, 9.17) is 4.42 Å². The van der Waals surface area contributed by atoms with E-state index in [-0.39, 0.29) is 10.8 Å². The average Bonchev–Trinajstić information content (AvgIpc) is 4.01. The van der Waals surface area contributed by atoms with E-state index < -0.39 is 0 Å². The molecule has 6 unspecified atom stereocenters. The van der Waals surface area contributed by atoms with Crippen LogP contribution in [0.4, 0.5) is 5.69 Å². The summed E-state index contributed by atoms with van der Waals surface area (Å²) in [5.74, 6) is 1.32. The van der Waals surface area contributed by atoms with Gasteiger partial charge in [0.2, 0.25) is 0 Å². The number of allylic oxidation sites excluding steroid dienone is 16. The van der Waals surface area contributed by atoms with Crippen molar-refractivity contribution in [3.8, 4) is 11.1 Å². The summed E-state index contributed by atoms with van der Waals surface area (Å²) in [6.07, 6.45) is 38.1. The molecule has 7 aliphatic carbocycles. The number of para-hydroxylation sites is 2. The lowest BCUT2D eigenvalue weighted by molar-refractivity contribution is 0.327. The summed E-state index contributed by atoms with van der Waals surface area (Å²) in [7, 11) is 0. The van der Waals surface area contributed by atoms with Crippen LogP contribution in [0.3, 0.4) is 0 Å². The lowest BCUT2D eigenvalue weighted by Crippen LogP contribution is -2.42. The highest BCUT2D eigenvalue weighted by atomic mass is 16.3. The van der Waals surface area contributed by atoms with Crippen molar-refractivity contribution in [3.05, 3.63) is 238 Å². The minimum Gasteiger partial charge on any atom is -0.456 e. The summed E-state index contributed by atoms with van der Waals surface area (Å²) in [6, 6.07) is 44.0. The van der Waals surface area contributed by atoms with E-state index >= 15 is 0 Å². The molecule has 0 radical (unpaired) electrons. The molecule has 7 aliphatic rings. The third-order valence-corrected chi connectivity index (χ3v) is 16.7. The predicted molar refractivity (Wildman–Crippen MR) is 275 cm³/mol. The van der Waals surface area contributed by atoms with Gasteiger partial charge in [0.05, 0.1) is 11.5 Å². The van der Waals surface area contributed by atoms with Gasteiger partial charge in [0.1, 0.15) is 11.2 Å². The molecule has 0 N–H and O–H groups in total. The van der Waals surface area contributed by atoms with Crippen LogP contribution in [0, 0.1) is 17.8 Å². The number of rotatable bonds is 8. The topological polar surface area (TPSA) is 16.4 Å². The Hall–Kier alpha value is -6.64. The van der Waals surface area contributed by atoms with E-state index in [9.17, 15) is 0 Å². The van der Waals surface area contributed by atoms with Crippen molar-refractivity contribution in [1.29, 1.82) is 0 Å². The van der Waals surface area contributed by atoms with Crippen LogP contribution in [0.1, 0.15) is 87.5 Å². The van der Waals surface area contributed by atoms with E-state index in [0.29, 0.717) is 23.8 Å². The monoisotopic (exact) mass is 855 g/mol. The molecule has 0 amide bonds. The molecule has 1 aromatic heterocycles. The second-order valence-corrected chi connectivity index (χ2v) is 20.1. The van der Waals surface area contributed by atoms with Gasteiger partial charge in [0.25, 0.3) is 0 Å². The molecule has 13 rings (SSSR count). The number of hydrogen-bond donors (Lipinski definition) is 0. The van der Waals surface area contributed by atoms with Crippen LogP contribution >= 0.6 is 0 Å². The summed E-state index contributed by atoms with van der Waals surface area (Å²) in [6.45, 7) is 4.62. The molecule has 0 saturated carbocycles. The van der Waals surface area contributed by atoms with Crippen molar-refractivity contribution in [3.63, 3.8) is 0 Å². The van der Waals surface area contributed by atoms with Crippen molar-refractivity contribution >= 4 is 33.2 Å². The quantitative estimate of drug-likeness (QED) is 0.152. The minimum atomic E-state index is -0.243. The van der Waals surface area contributed by atoms with E-state index in [0.717, 1.165) is 62.5 Å². The molecule has 0 bridgehead atoms. The van der Waals surface area contributed by atoms with Crippen LogP contribution < -0.4 is 4.90 Å². The van der Waals surface area contributed by atoms with E-state index in [1.807, 2.05) is 0 Å². The highest BCUT2D eigenvalue weighted by Crippen LogP contribution is 2.71. The Morgan fingerprint density at radius 1 is 0.636 bits per heavy atom. The van der Waals surface area contributed by atoms with Gasteiger partial charge in [-0.15, -0.1) is 0 Å². The van der Waals surface area contributed by atoms with Gasteiger partial charge >= 0.3 is 0 Å². The molecule has 0 saturated heterocycles. The number of hydrogen-bond acceptors (Lipinski definition) is 2. The third kappa shape index (κ3) is 5.79. The first-order valence-electron chi connectivity index (χ1n) is 24.7. The SMILES string of the molecule is CC1=CCC(C2(C3=CCC(C)C=C3)C3=CCCC4=C3c3c2cccc3C4(c2ccc(-c3ccc4oc5ccccc5c4c3)cc2)C2CC=C(N(c3ccccc3)C3C=CC=CC3)CC2)C=C1. The van der Waals surface area contributed by atoms with Crippen molar-refractivity contribution in [2.24, 2.45) is 17.8 Å². The van der Waals surface area contributed by atoms with Crippen molar-refractivity contribution in [2.45, 2.75) is 82.1 Å². The Balaban J connectivity index is 0.986. The Bertz CT molecular complexity index is 3250. The highest BCUT2D eigenvalue weighted by Gasteiger charge is 2.61. The molecule has 324 valence electrons.